The number of ether oxygens (including phenoxy) is 1. The third kappa shape index (κ3) is 2.79. The number of Topliss-reactive ketones (excluding diaryl/α,β-unsaturated/α-hetero) is 1. The van der Waals surface area contributed by atoms with Gasteiger partial charge < -0.3 is 9.72 Å². The Balaban J connectivity index is 2.08. The Morgan fingerprint density at radius 2 is 2.00 bits per heavy atom. The Labute approximate surface area is 121 Å². The molecule has 1 aliphatic carbocycles. The molecule has 0 saturated heterocycles. The second kappa shape index (κ2) is 4.84. The zero-order valence-corrected chi connectivity index (χ0v) is 12.5. The van der Waals surface area contributed by atoms with Crippen molar-refractivity contribution in [3.05, 3.63) is 22.5 Å². The molecule has 0 unspecified atom stereocenters. The van der Waals surface area contributed by atoms with E-state index in [4.69, 9.17) is 27.9 Å². The van der Waals surface area contributed by atoms with E-state index in [2.05, 4.69) is 4.98 Å². The summed E-state index contributed by atoms with van der Waals surface area (Å²) in [6, 6.07) is 0. The lowest BCUT2D eigenvalue weighted by Crippen LogP contribution is -2.11. The van der Waals surface area contributed by atoms with Crippen LogP contribution >= 0.6 is 23.2 Å². The smallest absolute Gasteiger partial charge is 0.355 e. The van der Waals surface area contributed by atoms with Crippen LogP contribution in [0.5, 0.6) is 0 Å². The predicted octanol–water partition coefficient (Wildman–Crippen LogP) is 3.18. The van der Waals surface area contributed by atoms with Gasteiger partial charge in [0, 0.05) is 17.2 Å². The number of aromatic amines is 1. The number of carbonyl (C=O) groups excluding carboxylic acids is 2. The Bertz CT molecular complexity index is 548. The first-order valence-corrected chi connectivity index (χ1v) is 6.74. The zero-order chi connectivity index (χ0) is 14.4. The molecule has 1 aromatic rings. The van der Waals surface area contributed by atoms with Crippen molar-refractivity contribution in [3.8, 4) is 0 Å². The van der Waals surface area contributed by atoms with Gasteiger partial charge in [0.1, 0.15) is 10.0 Å². The van der Waals surface area contributed by atoms with Gasteiger partial charge in [-0.3, -0.25) is 4.79 Å². The number of aryl methyl sites for hydroxylation is 1. The molecule has 1 aliphatic rings. The third-order valence-corrected chi connectivity index (χ3v) is 4.29. The largest absolute Gasteiger partial charge is 0.461 e. The lowest BCUT2D eigenvalue weighted by Gasteiger charge is -2.04. The number of aromatic nitrogens is 1. The molecular formula is C13H15Cl2NO3. The number of hydrogen-bond donors (Lipinski definition) is 1. The van der Waals surface area contributed by atoms with Crippen LogP contribution in [0.2, 0.25) is 0 Å². The Hall–Kier alpha value is -1.000. The quantitative estimate of drug-likeness (QED) is 0.528. The molecule has 104 valence electrons. The standard InChI is InChI=1S/C13H15Cl2NO3/c1-6-10(8(3)17)7(2)16-11(6)12(18)19-5-9-4-13(9,14)15/h9,16H,4-5H2,1-3H3/t9-/m0/s1. The summed E-state index contributed by atoms with van der Waals surface area (Å²) in [5.74, 6) is -0.569. The molecule has 19 heavy (non-hydrogen) atoms. The molecule has 2 rings (SSSR count). The fourth-order valence-corrected chi connectivity index (χ4v) is 2.68. The minimum Gasteiger partial charge on any atom is -0.461 e. The van der Waals surface area contributed by atoms with E-state index in [-0.39, 0.29) is 18.3 Å². The van der Waals surface area contributed by atoms with Gasteiger partial charge in [-0.1, -0.05) is 0 Å². The van der Waals surface area contributed by atoms with E-state index in [0.717, 1.165) is 0 Å². The molecular weight excluding hydrogens is 289 g/mol. The van der Waals surface area contributed by atoms with Crippen LogP contribution < -0.4 is 0 Å². The van der Waals surface area contributed by atoms with Gasteiger partial charge in [0.05, 0.1) is 6.61 Å². The second-order valence-electron chi connectivity index (χ2n) is 4.94. The third-order valence-electron chi connectivity index (χ3n) is 3.37. The van der Waals surface area contributed by atoms with E-state index in [1.807, 2.05) is 0 Å². The first kappa shape index (κ1) is 14.4. The highest BCUT2D eigenvalue weighted by molar-refractivity contribution is 6.50. The average molecular weight is 304 g/mol. The molecule has 1 atom stereocenters. The summed E-state index contributed by atoms with van der Waals surface area (Å²) in [5, 5.41) is 0. The van der Waals surface area contributed by atoms with Crippen LogP contribution in [0, 0.1) is 19.8 Å². The fraction of sp³-hybridized carbons (Fsp3) is 0.538. The molecule has 0 radical (unpaired) electrons. The van der Waals surface area contributed by atoms with Crippen LogP contribution in [0.3, 0.4) is 0 Å². The normalized spacial score (nSPS) is 20.2. The highest BCUT2D eigenvalue weighted by Crippen LogP contribution is 2.53. The average Bonchev–Trinajstić information content (AvgIpc) is 2.77. The van der Waals surface area contributed by atoms with Crippen LogP contribution in [0.4, 0.5) is 0 Å². The summed E-state index contributed by atoms with van der Waals surface area (Å²) in [6.45, 7) is 5.14. The van der Waals surface area contributed by atoms with E-state index in [1.54, 1.807) is 13.8 Å². The Morgan fingerprint density at radius 3 is 2.42 bits per heavy atom. The molecule has 4 nitrogen and oxygen atoms in total. The number of H-pyrrole nitrogens is 1. The van der Waals surface area contributed by atoms with Crippen molar-refractivity contribution in [2.75, 3.05) is 6.61 Å². The maximum atomic E-state index is 11.9. The summed E-state index contributed by atoms with van der Waals surface area (Å²) in [7, 11) is 0. The predicted molar refractivity (Wildman–Crippen MR) is 73.1 cm³/mol. The number of carbonyl (C=O) groups is 2. The molecule has 0 amide bonds. The molecule has 6 heteroatoms. The molecule has 1 N–H and O–H groups in total. The molecule has 0 aromatic carbocycles. The molecule has 1 aromatic heterocycles. The summed E-state index contributed by atoms with van der Waals surface area (Å²) >= 11 is 11.7. The van der Waals surface area contributed by atoms with E-state index >= 15 is 0 Å². The fourth-order valence-electron chi connectivity index (χ4n) is 2.18. The molecule has 1 heterocycles. The monoisotopic (exact) mass is 303 g/mol. The summed E-state index contributed by atoms with van der Waals surface area (Å²) in [5.41, 5.74) is 2.15. The van der Waals surface area contributed by atoms with E-state index in [1.165, 1.54) is 6.92 Å². The minimum atomic E-state index is -0.758. The molecule has 0 aliphatic heterocycles. The summed E-state index contributed by atoms with van der Waals surface area (Å²) in [6.07, 6.45) is 0.630. The summed E-state index contributed by atoms with van der Waals surface area (Å²) in [4.78, 5) is 26.3. The highest BCUT2D eigenvalue weighted by atomic mass is 35.5. The second-order valence-corrected chi connectivity index (χ2v) is 6.48. The van der Waals surface area contributed by atoms with Crippen LogP contribution in [0.1, 0.15) is 45.4 Å². The highest BCUT2D eigenvalue weighted by Gasteiger charge is 2.52. The number of ketones is 1. The lowest BCUT2D eigenvalue weighted by atomic mass is 10.1. The first-order chi connectivity index (χ1) is 8.74. The number of alkyl halides is 2. The van der Waals surface area contributed by atoms with Crippen molar-refractivity contribution in [2.45, 2.75) is 31.5 Å². The Kier molecular flexibility index (Phi) is 3.67. The number of hydrogen-bond acceptors (Lipinski definition) is 3. The van der Waals surface area contributed by atoms with Gasteiger partial charge >= 0.3 is 5.97 Å². The van der Waals surface area contributed by atoms with Crippen molar-refractivity contribution in [1.82, 2.24) is 4.98 Å². The van der Waals surface area contributed by atoms with Crippen LogP contribution in [-0.4, -0.2) is 27.7 Å². The minimum absolute atomic E-state index is 0.0107. The molecule has 1 saturated carbocycles. The summed E-state index contributed by atoms with van der Waals surface area (Å²) < 4.78 is 4.41. The number of rotatable bonds is 4. The number of nitrogens with one attached hydrogen (secondary N) is 1. The van der Waals surface area contributed by atoms with Gasteiger partial charge in [0.15, 0.2) is 5.78 Å². The maximum absolute atomic E-state index is 11.9. The first-order valence-electron chi connectivity index (χ1n) is 5.99. The molecule has 1 fully saturated rings. The van der Waals surface area contributed by atoms with Crippen LogP contribution in [-0.2, 0) is 4.74 Å². The number of esters is 1. The van der Waals surface area contributed by atoms with Crippen molar-refractivity contribution >= 4 is 35.0 Å². The number of halogens is 2. The van der Waals surface area contributed by atoms with Gasteiger partial charge in [-0.05, 0) is 32.8 Å². The van der Waals surface area contributed by atoms with E-state index in [0.29, 0.717) is 28.9 Å². The van der Waals surface area contributed by atoms with Crippen molar-refractivity contribution in [3.63, 3.8) is 0 Å². The van der Waals surface area contributed by atoms with Crippen molar-refractivity contribution in [1.29, 1.82) is 0 Å². The van der Waals surface area contributed by atoms with Gasteiger partial charge in [-0.2, -0.15) is 0 Å². The SMILES string of the molecule is CC(=O)c1c(C)[nH]c(C(=O)OC[C@@H]2CC2(Cl)Cl)c1C. The molecule has 0 spiro atoms. The van der Waals surface area contributed by atoms with E-state index < -0.39 is 10.3 Å². The zero-order valence-electron chi connectivity index (χ0n) is 11.0. The van der Waals surface area contributed by atoms with Crippen LogP contribution in [0.25, 0.3) is 0 Å². The van der Waals surface area contributed by atoms with Crippen LogP contribution in [0.15, 0.2) is 0 Å². The van der Waals surface area contributed by atoms with Gasteiger partial charge in [-0.15, -0.1) is 23.2 Å². The maximum Gasteiger partial charge on any atom is 0.355 e. The van der Waals surface area contributed by atoms with Crippen molar-refractivity contribution in [2.24, 2.45) is 5.92 Å². The molecule has 0 bridgehead atoms. The lowest BCUT2D eigenvalue weighted by molar-refractivity contribution is 0.0478. The van der Waals surface area contributed by atoms with Crippen molar-refractivity contribution < 1.29 is 14.3 Å². The van der Waals surface area contributed by atoms with E-state index in [9.17, 15) is 9.59 Å². The van der Waals surface area contributed by atoms with Gasteiger partial charge in [0.2, 0.25) is 0 Å². The Morgan fingerprint density at radius 1 is 1.42 bits per heavy atom. The van der Waals surface area contributed by atoms with Gasteiger partial charge in [-0.25, -0.2) is 4.79 Å². The topological polar surface area (TPSA) is 59.2 Å². The van der Waals surface area contributed by atoms with Gasteiger partial charge in [0.25, 0.3) is 0 Å².